The molecule has 0 spiro atoms. The fourth-order valence-corrected chi connectivity index (χ4v) is 2.78. The summed E-state index contributed by atoms with van der Waals surface area (Å²) in [4.78, 5) is 26.4. The molecule has 1 heterocycles. The Kier molecular flexibility index (Phi) is 6.40. The van der Waals surface area contributed by atoms with Crippen LogP contribution >= 0.6 is 0 Å². The molecular weight excluding hydrogens is 278 g/mol. The van der Waals surface area contributed by atoms with Crippen molar-refractivity contribution in [2.24, 2.45) is 0 Å². The van der Waals surface area contributed by atoms with Gasteiger partial charge >= 0.3 is 0 Å². The van der Waals surface area contributed by atoms with Gasteiger partial charge in [-0.2, -0.15) is 0 Å². The van der Waals surface area contributed by atoms with Gasteiger partial charge in [-0.05, 0) is 24.9 Å². The number of carbonyl (C=O) groups is 2. The standard InChI is InChI=1S/C17H25N3O2/c1-2-18-10-11-19-17(22)15-9-6-12-20(15)16(21)13-14-7-4-3-5-8-14/h3-5,7-8,15,18H,2,6,9-13H2,1H3,(H,19,22). The number of nitrogens with one attached hydrogen (secondary N) is 2. The van der Waals surface area contributed by atoms with Crippen molar-refractivity contribution >= 4 is 11.8 Å². The maximum Gasteiger partial charge on any atom is 0.242 e. The number of carbonyl (C=O) groups excluding carboxylic acids is 2. The lowest BCUT2D eigenvalue weighted by atomic mass is 10.1. The van der Waals surface area contributed by atoms with Crippen LogP contribution < -0.4 is 10.6 Å². The van der Waals surface area contributed by atoms with E-state index < -0.39 is 0 Å². The summed E-state index contributed by atoms with van der Waals surface area (Å²) < 4.78 is 0. The van der Waals surface area contributed by atoms with E-state index in [-0.39, 0.29) is 17.9 Å². The van der Waals surface area contributed by atoms with Crippen LogP contribution in [0.4, 0.5) is 0 Å². The van der Waals surface area contributed by atoms with E-state index in [0.29, 0.717) is 19.5 Å². The molecule has 1 atom stereocenters. The van der Waals surface area contributed by atoms with Crippen molar-refractivity contribution in [3.8, 4) is 0 Å². The molecule has 0 radical (unpaired) electrons. The molecule has 2 amide bonds. The second-order valence-corrected chi connectivity index (χ2v) is 5.55. The van der Waals surface area contributed by atoms with Crippen LogP contribution in [0.1, 0.15) is 25.3 Å². The third kappa shape index (κ3) is 4.56. The highest BCUT2D eigenvalue weighted by Gasteiger charge is 2.33. The van der Waals surface area contributed by atoms with Gasteiger partial charge in [0.25, 0.3) is 0 Å². The van der Waals surface area contributed by atoms with Crippen molar-refractivity contribution in [3.05, 3.63) is 35.9 Å². The number of benzene rings is 1. The number of rotatable bonds is 7. The minimum absolute atomic E-state index is 0.0307. The average molecular weight is 303 g/mol. The van der Waals surface area contributed by atoms with Crippen LogP contribution in [0, 0.1) is 0 Å². The van der Waals surface area contributed by atoms with E-state index in [1.807, 2.05) is 37.3 Å². The Morgan fingerprint density at radius 3 is 2.73 bits per heavy atom. The second kappa shape index (κ2) is 8.54. The number of likely N-dealkylation sites (tertiary alicyclic amines) is 1. The highest BCUT2D eigenvalue weighted by atomic mass is 16.2. The highest BCUT2D eigenvalue weighted by molar-refractivity contribution is 5.89. The molecule has 0 aliphatic carbocycles. The minimum atomic E-state index is -0.308. The Hall–Kier alpha value is -1.88. The number of hydrogen-bond acceptors (Lipinski definition) is 3. The van der Waals surface area contributed by atoms with Crippen molar-refractivity contribution in [3.63, 3.8) is 0 Å². The summed E-state index contributed by atoms with van der Waals surface area (Å²) >= 11 is 0. The Labute approximate surface area is 132 Å². The first-order valence-corrected chi connectivity index (χ1v) is 8.04. The van der Waals surface area contributed by atoms with Crippen LogP contribution in [0.15, 0.2) is 30.3 Å². The largest absolute Gasteiger partial charge is 0.353 e. The topological polar surface area (TPSA) is 61.4 Å². The molecule has 0 bridgehead atoms. The molecule has 1 unspecified atom stereocenters. The first kappa shape index (κ1) is 16.5. The van der Waals surface area contributed by atoms with Gasteiger partial charge in [-0.15, -0.1) is 0 Å². The predicted octanol–water partition coefficient (Wildman–Crippen LogP) is 0.946. The van der Waals surface area contributed by atoms with Crippen molar-refractivity contribution in [1.29, 1.82) is 0 Å². The van der Waals surface area contributed by atoms with Crippen LogP contribution in [0.3, 0.4) is 0 Å². The van der Waals surface area contributed by atoms with Crippen molar-refractivity contribution in [2.75, 3.05) is 26.2 Å². The molecule has 1 aliphatic rings. The number of likely N-dealkylation sites (N-methyl/N-ethyl adjacent to an activating group) is 1. The van der Waals surface area contributed by atoms with E-state index in [4.69, 9.17) is 0 Å². The summed E-state index contributed by atoms with van der Waals surface area (Å²) in [6.45, 7) is 4.96. The van der Waals surface area contributed by atoms with Gasteiger partial charge in [-0.25, -0.2) is 0 Å². The second-order valence-electron chi connectivity index (χ2n) is 5.55. The molecule has 1 saturated heterocycles. The van der Waals surface area contributed by atoms with E-state index in [2.05, 4.69) is 10.6 Å². The highest BCUT2D eigenvalue weighted by Crippen LogP contribution is 2.18. The molecule has 0 aromatic heterocycles. The maximum atomic E-state index is 12.4. The van der Waals surface area contributed by atoms with Crippen LogP contribution in [0.25, 0.3) is 0 Å². The van der Waals surface area contributed by atoms with Crippen LogP contribution in [-0.4, -0.2) is 48.9 Å². The smallest absolute Gasteiger partial charge is 0.242 e. The van der Waals surface area contributed by atoms with Gasteiger partial charge in [0.15, 0.2) is 0 Å². The van der Waals surface area contributed by atoms with E-state index >= 15 is 0 Å². The number of hydrogen-bond donors (Lipinski definition) is 2. The molecule has 5 heteroatoms. The average Bonchev–Trinajstić information content (AvgIpc) is 3.02. The van der Waals surface area contributed by atoms with Gasteiger partial charge in [0.1, 0.15) is 6.04 Å². The lowest BCUT2D eigenvalue weighted by Crippen LogP contribution is -2.47. The van der Waals surface area contributed by atoms with E-state index in [1.54, 1.807) is 4.90 Å². The Balaban J connectivity index is 1.86. The monoisotopic (exact) mass is 303 g/mol. The van der Waals surface area contributed by atoms with Crippen LogP contribution in [-0.2, 0) is 16.0 Å². The molecule has 5 nitrogen and oxygen atoms in total. The quantitative estimate of drug-likeness (QED) is 0.737. The Morgan fingerprint density at radius 2 is 2.00 bits per heavy atom. The summed E-state index contributed by atoms with van der Waals surface area (Å²) in [5, 5.41) is 6.08. The molecule has 120 valence electrons. The molecule has 1 aliphatic heterocycles. The molecule has 1 fully saturated rings. The normalized spacial score (nSPS) is 17.5. The number of amides is 2. The van der Waals surface area contributed by atoms with Gasteiger partial charge in [0.2, 0.25) is 11.8 Å². The van der Waals surface area contributed by atoms with Crippen molar-refractivity contribution < 1.29 is 9.59 Å². The summed E-state index contributed by atoms with van der Waals surface area (Å²) in [7, 11) is 0. The van der Waals surface area contributed by atoms with Gasteiger partial charge in [0.05, 0.1) is 6.42 Å². The molecule has 2 N–H and O–H groups in total. The van der Waals surface area contributed by atoms with Gasteiger partial charge < -0.3 is 15.5 Å². The maximum absolute atomic E-state index is 12.4. The minimum Gasteiger partial charge on any atom is -0.353 e. The van der Waals surface area contributed by atoms with Gasteiger partial charge in [-0.3, -0.25) is 9.59 Å². The zero-order valence-electron chi connectivity index (χ0n) is 13.2. The Bertz CT molecular complexity index is 490. The fraction of sp³-hybridized carbons (Fsp3) is 0.529. The van der Waals surface area contributed by atoms with E-state index in [9.17, 15) is 9.59 Å². The fourth-order valence-electron chi connectivity index (χ4n) is 2.78. The first-order chi connectivity index (χ1) is 10.7. The summed E-state index contributed by atoms with van der Waals surface area (Å²) in [5.74, 6) is 0.00680. The molecular formula is C17H25N3O2. The zero-order valence-corrected chi connectivity index (χ0v) is 13.2. The zero-order chi connectivity index (χ0) is 15.8. The van der Waals surface area contributed by atoms with E-state index in [0.717, 1.165) is 31.5 Å². The molecule has 22 heavy (non-hydrogen) atoms. The third-order valence-corrected chi connectivity index (χ3v) is 3.92. The predicted molar refractivity (Wildman–Crippen MR) is 86.4 cm³/mol. The number of nitrogens with zero attached hydrogens (tertiary/aromatic N) is 1. The van der Waals surface area contributed by atoms with Crippen LogP contribution in [0.5, 0.6) is 0 Å². The Morgan fingerprint density at radius 1 is 1.23 bits per heavy atom. The lowest BCUT2D eigenvalue weighted by molar-refractivity contribution is -0.137. The van der Waals surface area contributed by atoms with Gasteiger partial charge in [-0.1, -0.05) is 37.3 Å². The van der Waals surface area contributed by atoms with Crippen molar-refractivity contribution in [2.45, 2.75) is 32.2 Å². The molecule has 0 saturated carbocycles. The van der Waals surface area contributed by atoms with E-state index in [1.165, 1.54) is 0 Å². The third-order valence-electron chi connectivity index (χ3n) is 3.92. The van der Waals surface area contributed by atoms with Crippen LogP contribution in [0.2, 0.25) is 0 Å². The van der Waals surface area contributed by atoms with Gasteiger partial charge in [0, 0.05) is 19.6 Å². The summed E-state index contributed by atoms with van der Waals surface area (Å²) in [6, 6.07) is 9.37. The lowest BCUT2D eigenvalue weighted by Gasteiger charge is -2.24. The first-order valence-electron chi connectivity index (χ1n) is 8.04. The summed E-state index contributed by atoms with van der Waals surface area (Å²) in [5.41, 5.74) is 0.991. The molecule has 1 aromatic carbocycles. The molecule has 2 rings (SSSR count). The molecule has 1 aromatic rings. The van der Waals surface area contributed by atoms with Crippen molar-refractivity contribution in [1.82, 2.24) is 15.5 Å². The summed E-state index contributed by atoms with van der Waals surface area (Å²) in [6.07, 6.45) is 2.02. The SMILES string of the molecule is CCNCCNC(=O)C1CCCN1C(=O)Cc1ccccc1.